The number of carbonyl (C=O) groups is 3. The zero-order valence-corrected chi connectivity index (χ0v) is 11.1. The quantitative estimate of drug-likeness (QED) is 0.852. The number of carboxylic acids is 1. The van der Waals surface area contributed by atoms with Crippen molar-refractivity contribution in [3.05, 3.63) is 35.4 Å². The lowest BCUT2D eigenvalue weighted by Crippen LogP contribution is -2.56. The molecule has 2 rings (SSSR count). The molecule has 1 aliphatic heterocycles. The van der Waals surface area contributed by atoms with Crippen LogP contribution in [0.3, 0.4) is 0 Å². The van der Waals surface area contributed by atoms with Crippen LogP contribution in [0.15, 0.2) is 24.3 Å². The Bertz CT molecular complexity index is 556. The van der Waals surface area contributed by atoms with Crippen LogP contribution in [0.1, 0.15) is 34.1 Å². The fourth-order valence-electron chi connectivity index (χ4n) is 2.31. The Morgan fingerprint density at radius 3 is 2.75 bits per heavy atom. The van der Waals surface area contributed by atoms with Gasteiger partial charge in [0.1, 0.15) is 6.04 Å². The molecule has 6 nitrogen and oxygen atoms in total. The van der Waals surface area contributed by atoms with E-state index in [-0.39, 0.29) is 22.9 Å². The maximum absolute atomic E-state index is 12.4. The molecule has 20 heavy (non-hydrogen) atoms. The molecule has 106 valence electrons. The van der Waals surface area contributed by atoms with E-state index in [9.17, 15) is 14.4 Å². The van der Waals surface area contributed by atoms with Crippen molar-refractivity contribution >= 4 is 17.8 Å². The van der Waals surface area contributed by atoms with Crippen LogP contribution in [-0.4, -0.2) is 46.9 Å². The monoisotopic (exact) mass is 276 g/mol. The maximum atomic E-state index is 12.4. The molecule has 0 saturated carbocycles. The van der Waals surface area contributed by atoms with Crippen molar-refractivity contribution in [3.8, 4) is 0 Å². The zero-order valence-electron chi connectivity index (χ0n) is 11.1. The summed E-state index contributed by atoms with van der Waals surface area (Å²) in [6.07, 6.45) is 0.524. The second-order valence-electron chi connectivity index (χ2n) is 4.60. The fourth-order valence-corrected chi connectivity index (χ4v) is 2.31. The summed E-state index contributed by atoms with van der Waals surface area (Å²) in [6.45, 7) is 2.68. The first-order chi connectivity index (χ1) is 9.54. The molecular formula is C14H16N2O4. The summed E-state index contributed by atoms with van der Waals surface area (Å²) in [5, 5.41) is 11.7. The molecule has 2 amide bonds. The molecule has 1 saturated heterocycles. The van der Waals surface area contributed by atoms with Gasteiger partial charge in [-0.1, -0.05) is 13.0 Å². The van der Waals surface area contributed by atoms with E-state index in [4.69, 9.17) is 5.11 Å². The smallest absolute Gasteiger partial charge is 0.335 e. The average Bonchev–Trinajstić information content (AvgIpc) is 2.46. The van der Waals surface area contributed by atoms with Gasteiger partial charge in [0.2, 0.25) is 5.91 Å². The number of nitrogens with zero attached hydrogens (tertiary/aromatic N) is 1. The van der Waals surface area contributed by atoms with Crippen LogP contribution >= 0.6 is 0 Å². The minimum absolute atomic E-state index is 0.0605. The largest absolute Gasteiger partial charge is 0.478 e. The Morgan fingerprint density at radius 1 is 1.40 bits per heavy atom. The number of amides is 2. The second-order valence-corrected chi connectivity index (χ2v) is 4.60. The standard InChI is InChI=1S/C14H16N2O4/c1-2-11-12(17)15-6-7-16(11)13(18)9-4-3-5-10(8-9)14(19)20/h3-5,8,11H,2,6-7H2,1H3,(H,15,17)(H,19,20). The van der Waals surface area contributed by atoms with E-state index < -0.39 is 12.0 Å². The average molecular weight is 276 g/mol. The third-order valence-electron chi connectivity index (χ3n) is 3.33. The van der Waals surface area contributed by atoms with Gasteiger partial charge in [-0.3, -0.25) is 9.59 Å². The summed E-state index contributed by atoms with van der Waals surface area (Å²) in [6, 6.07) is 5.36. The number of benzene rings is 1. The third-order valence-corrected chi connectivity index (χ3v) is 3.33. The SMILES string of the molecule is CCC1C(=O)NCCN1C(=O)c1cccc(C(=O)O)c1. The molecule has 1 atom stereocenters. The minimum Gasteiger partial charge on any atom is -0.478 e. The molecule has 0 aromatic heterocycles. The highest BCUT2D eigenvalue weighted by Gasteiger charge is 2.32. The van der Waals surface area contributed by atoms with Crippen molar-refractivity contribution in [2.24, 2.45) is 0 Å². The number of carbonyl (C=O) groups excluding carboxylic acids is 2. The van der Waals surface area contributed by atoms with Gasteiger partial charge in [-0.25, -0.2) is 4.79 Å². The molecule has 0 spiro atoms. The second kappa shape index (κ2) is 5.73. The number of hydrogen-bond acceptors (Lipinski definition) is 3. The van der Waals surface area contributed by atoms with E-state index in [2.05, 4.69) is 5.32 Å². The molecule has 2 N–H and O–H groups in total. The summed E-state index contributed by atoms with van der Waals surface area (Å²) in [5.41, 5.74) is 0.350. The predicted molar refractivity (Wildman–Crippen MR) is 71.5 cm³/mol. The summed E-state index contributed by atoms with van der Waals surface area (Å²) in [4.78, 5) is 36.6. The number of carboxylic acid groups (broad SMARTS) is 1. The summed E-state index contributed by atoms with van der Waals surface area (Å²) in [5.74, 6) is -1.56. The number of piperazine rings is 1. The van der Waals surface area contributed by atoms with E-state index in [0.29, 0.717) is 19.5 Å². The van der Waals surface area contributed by atoms with Crippen molar-refractivity contribution in [2.75, 3.05) is 13.1 Å². The Kier molecular flexibility index (Phi) is 4.02. The minimum atomic E-state index is -1.08. The molecule has 0 bridgehead atoms. The van der Waals surface area contributed by atoms with Gasteiger partial charge in [-0.15, -0.1) is 0 Å². The highest BCUT2D eigenvalue weighted by atomic mass is 16.4. The number of hydrogen-bond donors (Lipinski definition) is 2. The summed E-state index contributed by atoms with van der Waals surface area (Å²) in [7, 11) is 0. The van der Waals surface area contributed by atoms with Crippen molar-refractivity contribution in [1.82, 2.24) is 10.2 Å². The summed E-state index contributed by atoms with van der Waals surface area (Å²) >= 11 is 0. The van der Waals surface area contributed by atoms with E-state index in [0.717, 1.165) is 0 Å². The molecule has 0 radical (unpaired) electrons. The van der Waals surface area contributed by atoms with Crippen molar-refractivity contribution in [1.29, 1.82) is 0 Å². The molecule has 1 aromatic carbocycles. The Hall–Kier alpha value is -2.37. The highest BCUT2D eigenvalue weighted by molar-refractivity contribution is 6.00. The molecule has 1 heterocycles. The first kappa shape index (κ1) is 14.0. The molecule has 1 fully saturated rings. The maximum Gasteiger partial charge on any atom is 0.335 e. The van der Waals surface area contributed by atoms with E-state index in [1.54, 1.807) is 6.07 Å². The Morgan fingerprint density at radius 2 is 2.10 bits per heavy atom. The molecule has 1 unspecified atom stereocenters. The molecular weight excluding hydrogens is 260 g/mol. The first-order valence-electron chi connectivity index (χ1n) is 6.46. The first-order valence-corrected chi connectivity index (χ1v) is 6.46. The van der Waals surface area contributed by atoms with Crippen LogP contribution in [0.4, 0.5) is 0 Å². The molecule has 0 aliphatic carbocycles. The Balaban J connectivity index is 2.28. The topological polar surface area (TPSA) is 86.7 Å². The van der Waals surface area contributed by atoms with Gasteiger partial charge < -0.3 is 15.3 Å². The van der Waals surface area contributed by atoms with Gasteiger partial charge in [0.25, 0.3) is 5.91 Å². The van der Waals surface area contributed by atoms with E-state index >= 15 is 0 Å². The van der Waals surface area contributed by atoms with Crippen LogP contribution in [0.5, 0.6) is 0 Å². The van der Waals surface area contributed by atoms with Gasteiger partial charge >= 0.3 is 5.97 Å². The highest BCUT2D eigenvalue weighted by Crippen LogP contribution is 2.15. The summed E-state index contributed by atoms with van der Waals surface area (Å²) < 4.78 is 0. The molecule has 6 heteroatoms. The lowest BCUT2D eigenvalue weighted by molar-refractivity contribution is -0.127. The molecule has 1 aliphatic rings. The molecule has 1 aromatic rings. The lowest BCUT2D eigenvalue weighted by atomic mass is 10.1. The van der Waals surface area contributed by atoms with Gasteiger partial charge in [0, 0.05) is 18.7 Å². The Labute approximate surface area is 116 Å². The van der Waals surface area contributed by atoms with Crippen LogP contribution in [-0.2, 0) is 4.79 Å². The van der Waals surface area contributed by atoms with Crippen molar-refractivity contribution in [3.63, 3.8) is 0 Å². The van der Waals surface area contributed by atoms with Gasteiger partial charge in [-0.05, 0) is 24.6 Å². The zero-order chi connectivity index (χ0) is 14.7. The van der Waals surface area contributed by atoms with Gasteiger partial charge in [-0.2, -0.15) is 0 Å². The van der Waals surface area contributed by atoms with Crippen molar-refractivity contribution in [2.45, 2.75) is 19.4 Å². The van der Waals surface area contributed by atoms with E-state index in [1.165, 1.54) is 23.1 Å². The van der Waals surface area contributed by atoms with Crippen LogP contribution < -0.4 is 5.32 Å². The van der Waals surface area contributed by atoms with Crippen LogP contribution in [0.2, 0.25) is 0 Å². The third kappa shape index (κ3) is 2.64. The number of aromatic carboxylic acids is 1. The van der Waals surface area contributed by atoms with Gasteiger partial charge in [0.05, 0.1) is 5.56 Å². The normalized spacial score (nSPS) is 18.6. The van der Waals surface area contributed by atoms with E-state index in [1.807, 2.05) is 6.92 Å². The lowest BCUT2D eigenvalue weighted by Gasteiger charge is -2.34. The van der Waals surface area contributed by atoms with Crippen LogP contribution in [0, 0.1) is 0 Å². The van der Waals surface area contributed by atoms with Crippen LogP contribution in [0.25, 0.3) is 0 Å². The predicted octanol–water partition coefficient (Wildman–Crippen LogP) is 0.735. The number of rotatable bonds is 3. The number of nitrogens with one attached hydrogen (secondary N) is 1. The van der Waals surface area contributed by atoms with Gasteiger partial charge in [0.15, 0.2) is 0 Å². The fraction of sp³-hybridized carbons (Fsp3) is 0.357. The van der Waals surface area contributed by atoms with Crippen molar-refractivity contribution < 1.29 is 19.5 Å².